The van der Waals surface area contributed by atoms with Gasteiger partial charge in [0.25, 0.3) is 11.2 Å². The SMILES string of the molecule is CC(C)(C)C(OCc1cn([C@H]2C[C@@H](O)[C@@H](CO)O2)c(=O)[nH]c1=O)c1ccc(I)cc1[N+](=O)[O-]. The number of ether oxygens (including phenoxy) is 2. The van der Waals surface area contributed by atoms with Crippen LogP contribution in [0.25, 0.3) is 0 Å². The van der Waals surface area contributed by atoms with Gasteiger partial charge in [-0.2, -0.15) is 0 Å². The lowest BCUT2D eigenvalue weighted by Crippen LogP contribution is -2.35. The van der Waals surface area contributed by atoms with Crippen molar-refractivity contribution in [2.24, 2.45) is 5.41 Å². The summed E-state index contributed by atoms with van der Waals surface area (Å²) in [5.74, 6) is 0. The van der Waals surface area contributed by atoms with Gasteiger partial charge in [0, 0.05) is 22.3 Å². The van der Waals surface area contributed by atoms with Gasteiger partial charge >= 0.3 is 5.69 Å². The quantitative estimate of drug-likeness (QED) is 0.257. The summed E-state index contributed by atoms with van der Waals surface area (Å²) in [6.07, 6.45) is -2.02. The zero-order valence-electron chi connectivity index (χ0n) is 18.4. The molecule has 11 nitrogen and oxygen atoms in total. The number of rotatable bonds is 7. The molecule has 33 heavy (non-hydrogen) atoms. The van der Waals surface area contributed by atoms with Crippen LogP contribution in [0.3, 0.4) is 0 Å². The van der Waals surface area contributed by atoms with Crippen molar-refractivity contribution in [2.45, 2.75) is 58.3 Å². The monoisotopic (exact) mass is 575 g/mol. The van der Waals surface area contributed by atoms with Gasteiger partial charge in [0.1, 0.15) is 12.3 Å². The largest absolute Gasteiger partial charge is 0.394 e. The zero-order valence-corrected chi connectivity index (χ0v) is 20.5. The van der Waals surface area contributed by atoms with Crippen molar-refractivity contribution in [1.29, 1.82) is 0 Å². The lowest BCUT2D eigenvalue weighted by molar-refractivity contribution is -0.386. The molecule has 1 aromatic carbocycles. The maximum absolute atomic E-state index is 12.4. The van der Waals surface area contributed by atoms with E-state index in [1.54, 1.807) is 12.1 Å². The van der Waals surface area contributed by atoms with Crippen LogP contribution in [-0.4, -0.2) is 43.5 Å². The first-order valence-electron chi connectivity index (χ1n) is 10.3. The van der Waals surface area contributed by atoms with E-state index in [1.165, 1.54) is 12.3 Å². The van der Waals surface area contributed by atoms with Gasteiger partial charge in [0.2, 0.25) is 0 Å². The van der Waals surface area contributed by atoms with Crippen molar-refractivity contribution in [1.82, 2.24) is 9.55 Å². The Morgan fingerprint density at radius 1 is 1.39 bits per heavy atom. The number of halogens is 1. The van der Waals surface area contributed by atoms with Gasteiger partial charge in [0.15, 0.2) is 0 Å². The predicted octanol–water partition coefficient (Wildman–Crippen LogP) is 1.99. The molecule has 0 amide bonds. The maximum Gasteiger partial charge on any atom is 0.330 e. The fraction of sp³-hybridized carbons (Fsp3) is 0.524. The number of hydrogen-bond donors (Lipinski definition) is 3. The van der Waals surface area contributed by atoms with Crippen LogP contribution in [0.4, 0.5) is 5.69 Å². The van der Waals surface area contributed by atoms with Crippen LogP contribution in [0, 0.1) is 19.1 Å². The average molecular weight is 575 g/mol. The van der Waals surface area contributed by atoms with E-state index in [0.29, 0.717) is 9.13 Å². The highest BCUT2D eigenvalue weighted by Gasteiger charge is 2.36. The van der Waals surface area contributed by atoms with Gasteiger partial charge in [-0.15, -0.1) is 0 Å². The van der Waals surface area contributed by atoms with Crippen molar-refractivity contribution >= 4 is 28.3 Å². The van der Waals surface area contributed by atoms with E-state index in [9.17, 15) is 29.9 Å². The Morgan fingerprint density at radius 3 is 2.67 bits per heavy atom. The highest BCUT2D eigenvalue weighted by Crippen LogP contribution is 2.41. The molecule has 0 spiro atoms. The summed E-state index contributed by atoms with van der Waals surface area (Å²) in [6.45, 7) is 4.97. The van der Waals surface area contributed by atoms with Gasteiger partial charge in [-0.3, -0.25) is 24.5 Å². The molecule has 3 N–H and O–H groups in total. The van der Waals surface area contributed by atoms with Crippen LogP contribution in [0.1, 0.15) is 50.7 Å². The second-order valence-electron chi connectivity index (χ2n) is 8.95. The van der Waals surface area contributed by atoms with Crippen LogP contribution >= 0.6 is 22.6 Å². The van der Waals surface area contributed by atoms with Crippen LogP contribution < -0.4 is 11.2 Å². The number of aliphatic hydroxyl groups excluding tert-OH is 2. The molecule has 1 aliphatic heterocycles. The molecule has 0 radical (unpaired) electrons. The average Bonchev–Trinajstić information content (AvgIpc) is 3.09. The summed E-state index contributed by atoms with van der Waals surface area (Å²) >= 11 is 2.00. The van der Waals surface area contributed by atoms with Gasteiger partial charge in [-0.25, -0.2) is 4.79 Å². The van der Waals surface area contributed by atoms with Crippen molar-refractivity contribution in [2.75, 3.05) is 6.61 Å². The minimum absolute atomic E-state index is 0.0664. The molecule has 4 atom stereocenters. The van der Waals surface area contributed by atoms with E-state index in [4.69, 9.17) is 9.47 Å². The highest BCUT2D eigenvalue weighted by atomic mass is 127. The minimum Gasteiger partial charge on any atom is -0.394 e. The zero-order chi connectivity index (χ0) is 24.5. The number of aromatic amines is 1. The van der Waals surface area contributed by atoms with Crippen LogP contribution in [0.2, 0.25) is 0 Å². The van der Waals surface area contributed by atoms with Crippen LogP contribution in [0.5, 0.6) is 0 Å². The predicted molar refractivity (Wildman–Crippen MR) is 126 cm³/mol. The molecule has 0 bridgehead atoms. The molecule has 2 aromatic rings. The Bertz CT molecular complexity index is 1140. The van der Waals surface area contributed by atoms with Crippen molar-refractivity contribution in [3.05, 3.63) is 70.0 Å². The van der Waals surface area contributed by atoms with Crippen molar-refractivity contribution < 1.29 is 24.6 Å². The van der Waals surface area contributed by atoms with Crippen molar-refractivity contribution in [3.63, 3.8) is 0 Å². The summed E-state index contributed by atoms with van der Waals surface area (Å²) < 4.78 is 13.4. The highest BCUT2D eigenvalue weighted by molar-refractivity contribution is 14.1. The molecule has 1 unspecified atom stereocenters. The number of nitrogens with one attached hydrogen (secondary N) is 1. The van der Waals surface area contributed by atoms with Gasteiger partial charge < -0.3 is 19.7 Å². The van der Waals surface area contributed by atoms with Gasteiger partial charge in [-0.1, -0.05) is 20.8 Å². The Morgan fingerprint density at radius 2 is 2.09 bits per heavy atom. The molecule has 3 rings (SSSR count). The second-order valence-corrected chi connectivity index (χ2v) is 10.2. The number of nitrogens with zero attached hydrogens (tertiary/aromatic N) is 2. The summed E-state index contributed by atoms with van der Waals surface area (Å²) in [5.41, 5.74) is -1.51. The molecular weight excluding hydrogens is 549 g/mol. The molecule has 1 aliphatic rings. The molecular formula is C21H26IN3O8. The van der Waals surface area contributed by atoms with E-state index >= 15 is 0 Å². The molecule has 2 heterocycles. The van der Waals surface area contributed by atoms with E-state index < -0.39 is 52.7 Å². The van der Waals surface area contributed by atoms with Gasteiger partial charge in [0.05, 0.1) is 41.5 Å². The standard InChI is InChI=1S/C21H26IN3O8/c1-21(2,3)18(13-5-4-12(22)6-14(13)25(30)31)32-10-11-8-24(20(29)23-19(11)28)17-7-15(27)16(9-26)33-17/h4-6,8,15-18,26-27H,7,9-10H2,1-3H3,(H,23,28,29)/t15-,16-,17-,18?/m1/s1. The normalized spacial score (nSPS) is 21.8. The number of nitro benzene ring substituents is 1. The molecule has 0 aliphatic carbocycles. The first kappa shape index (κ1) is 25.5. The Labute approximate surface area is 202 Å². The lowest BCUT2D eigenvalue weighted by atomic mass is 9.84. The third-order valence-corrected chi connectivity index (χ3v) is 6.07. The number of H-pyrrole nitrogens is 1. The first-order chi connectivity index (χ1) is 15.4. The summed E-state index contributed by atoms with van der Waals surface area (Å²) in [6, 6.07) is 4.85. The van der Waals surface area contributed by atoms with E-state index in [2.05, 4.69) is 4.98 Å². The fourth-order valence-corrected chi connectivity index (χ4v) is 4.24. The summed E-state index contributed by atoms with van der Waals surface area (Å²) in [7, 11) is 0. The smallest absolute Gasteiger partial charge is 0.330 e. The molecule has 0 saturated carbocycles. The number of hydrogen-bond acceptors (Lipinski definition) is 8. The first-order valence-corrected chi connectivity index (χ1v) is 11.3. The minimum atomic E-state index is -0.953. The maximum atomic E-state index is 12.4. The fourth-order valence-electron chi connectivity index (χ4n) is 3.77. The second kappa shape index (κ2) is 10.0. The topological polar surface area (TPSA) is 157 Å². The lowest BCUT2D eigenvalue weighted by Gasteiger charge is -2.31. The van der Waals surface area contributed by atoms with Crippen LogP contribution in [0.15, 0.2) is 34.0 Å². The molecule has 12 heteroatoms. The third kappa shape index (κ3) is 5.69. The Balaban J connectivity index is 1.92. The third-order valence-electron chi connectivity index (χ3n) is 5.40. The number of aromatic nitrogens is 2. The van der Waals surface area contributed by atoms with Gasteiger partial charge in [-0.05, 0) is 40.1 Å². The van der Waals surface area contributed by atoms with E-state index in [-0.39, 0.29) is 24.3 Å². The summed E-state index contributed by atoms with van der Waals surface area (Å²) in [4.78, 5) is 38.1. The number of aliphatic hydroxyl groups is 2. The molecule has 1 fully saturated rings. The molecule has 1 aromatic heterocycles. The number of benzene rings is 1. The Hall–Kier alpha value is -2.13. The molecule has 180 valence electrons. The van der Waals surface area contributed by atoms with E-state index in [0.717, 1.165) is 4.57 Å². The Kier molecular flexibility index (Phi) is 7.73. The van der Waals surface area contributed by atoms with Crippen molar-refractivity contribution in [3.8, 4) is 0 Å². The summed E-state index contributed by atoms with van der Waals surface area (Å²) in [5, 5.41) is 30.9. The van der Waals surface area contributed by atoms with Crippen LogP contribution in [-0.2, 0) is 16.1 Å². The molecule has 1 saturated heterocycles. The number of nitro groups is 1. The van der Waals surface area contributed by atoms with E-state index in [1.807, 2.05) is 43.4 Å².